The highest BCUT2D eigenvalue weighted by atomic mass is 32.1. The Bertz CT molecular complexity index is 575. The van der Waals surface area contributed by atoms with Gasteiger partial charge in [-0.1, -0.05) is 13.8 Å². The molecule has 0 bridgehead atoms. The summed E-state index contributed by atoms with van der Waals surface area (Å²) in [6.07, 6.45) is 0.923. The lowest BCUT2D eigenvalue weighted by atomic mass is 10.1. The first-order valence-corrected chi connectivity index (χ1v) is 7.23. The molecule has 2 rings (SSSR count). The molecular formula is C14H20N4S. The Kier molecular flexibility index (Phi) is 4.17. The molecule has 19 heavy (non-hydrogen) atoms. The fraction of sp³-hybridized carbons (Fsp3) is 0.429. The standard InChI is InChI=1S/C14H20N4S/c1-8(2)5-11-7-13(18-15)17-14(16-11)12-6-9(3)19-10(12)4/h6-8H,5,15H2,1-4H3,(H,16,17,18). The molecular weight excluding hydrogens is 256 g/mol. The van der Waals surface area contributed by atoms with Crippen molar-refractivity contribution in [2.24, 2.45) is 11.8 Å². The summed E-state index contributed by atoms with van der Waals surface area (Å²) in [6, 6.07) is 4.05. The Labute approximate surface area is 118 Å². The molecule has 5 heteroatoms. The van der Waals surface area contributed by atoms with E-state index in [9.17, 15) is 0 Å². The molecule has 0 spiro atoms. The van der Waals surface area contributed by atoms with Crippen LogP contribution < -0.4 is 11.3 Å². The fourth-order valence-corrected chi connectivity index (χ4v) is 2.99. The van der Waals surface area contributed by atoms with Gasteiger partial charge in [0.15, 0.2) is 5.82 Å². The van der Waals surface area contributed by atoms with E-state index in [0.29, 0.717) is 11.7 Å². The van der Waals surface area contributed by atoms with E-state index >= 15 is 0 Å². The lowest BCUT2D eigenvalue weighted by molar-refractivity contribution is 0.635. The third kappa shape index (κ3) is 3.30. The maximum absolute atomic E-state index is 5.50. The minimum absolute atomic E-state index is 0.554. The van der Waals surface area contributed by atoms with Crippen molar-refractivity contribution in [1.82, 2.24) is 9.97 Å². The lowest BCUT2D eigenvalue weighted by Gasteiger charge is -2.09. The Morgan fingerprint density at radius 3 is 2.53 bits per heavy atom. The Morgan fingerprint density at radius 1 is 1.26 bits per heavy atom. The smallest absolute Gasteiger partial charge is 0.162 e. The number of hydrogen-bond donors (Lipinski definition) is 2. The molecule has 102 valence electrons. The number of nitrogen functional groups attached to an aromatic ring is 1. The molecule has 0 aliphatic carbocycles. The van der Waals surface area contributed by atoms with E-state index in [1.165, 1.54) is 9.75 Å². The maximum Gasteiger partial charge on any atom is 0.162 e. The highest BCUT2D eigenvalue weighted by Crippen LogP contribution is 2.29. The second-order valence-electron chi connectivity index (χ2n) is 5.14. The third-order valence-corrected chi connectivity index (χ3v) is 3.79. The van der Waals surface area contributed by atoms with Gasteiger partial charge in [0, 0.05) is 27.1 Å². The Hall–Kier alpha value is -1.46. The van der Waals surface area contributed by atoms with Crippen LogP contribution in [-0.4, -0.2) is 9.97 Å². The molecule has 0 radical (unpaired) electrons. The van der Waals surface area contributed by atoms with Crippen molar-refractivity contribution < 1.29 is 0 Å². The number of hydrogen-bond acceptors (Lipinski definition) is 5. The van der Waals surface area contributed by atoms with Crippen molar-refractivity contribution in [2.75, 3.05) is 5.43 Å². The molecule has 4 nitrogen and oxygen atoms in total. The van der Waals surface area contributed by atoms with Gasteiger partial charge < -0.3 is 5.43 Å². The van der Waals surface area contributed by atoms with E-state index in [4.69, 9.17) is 5.84 Å². The molecule has 0 atom stereocenters. The molecule has 0 saturated heterocycles. The van der Waals surface area contributed by atoms with Gasteiger partial charge in [0.05, 0.1) is 0 Å². The number of nitrogens with two attached hydrogens (primary N) is 1. The molecule has 0 aliphatic rings. The van der Waals surface area contributed by atoms with Crippen LogP contribution in [0.2, 0.25) is 0 Å². The van der Waals surface area contributed by atoms with Crippen molar-refractivity contribution in [3.8, 4) is 11.4 Å². The molecule has 0 saturated carbocycles. The maximum atomic E-state index is 5.50. The average Bonchev–Trinajstić information content (AvgIpc) is 2.67. The van der Waals surface area contributed by atoms with Gasteiger partial charge in [0.2, 0.25) is 0 Å². The predicted octanol–water partition coefficient (Wildman–Crippen LogP) is 3.31. The first-order valence-electron chi connectivity index (χ1n) is 6.41. The van der Waals surface area contributed by atoms with E-state index in [-0.39, 0.29) is 0 Å². The van der Waals surface area contributed by atoms with Crippen LogP contribution in [0.1, 0.15) is 29.3 Å². The predicted molar refractivity (Wildman–Crippen MR) is 81.2 cm³/mol. The SMILES string of the molecule is Cc1cc(-c2nc(CC(C)C)cc(NN)n2)c(C)s1. The number of thiophene rings is 1. The van der Waals surface area contributed by atoms with Crippen LogP contribution in [0.15, 0.2) is 12.1 Å². The van der Waals surface area contributed by atoms with Crippen LogP contribution in [0, 0.1) is 19.8 Å². The van der Waals surface area contributed by atoms with Gasteiger partial charge in [-0.15, -0.1) is 11.3 Å². The van der Waals surface area contributed by atoms with Crippen LogP contribution in [0.3, 0.4) is 0 Å². The van der Waals surface area contributed by atoms with Gasteiger partial charge in [-0.25, -0.2) is 15.8 Å². The van der Waals surface area contributed by atoms with E-state index in [1.54, 1.807) is 11.3 Å². The minimum atomic E-state index is 0.554. The van der Waals surface area contributed by atoms with E-state index in [2.05, 4.69) is 49.2 Å². The summed E-state index contributed by atoms with van der Waals surface area (Å²) in [5.74, 6) is 7.48. The summed E-state index contributed by atoms with van der Waals surface area (Å²) in [5.41, 5.74) is 4.76. The number of rotatable bonds is 4. The summed E-state index contributed by atoms with van der Waals surface area (Å²) >= 11 is 1.77. The van der Waals surface area contributed by atoms with Gasteiger partial charge in [0.1, 0.15) is 5.82 Å². The van der Waals surface area contributed by atoms with Gasteiger partial charge in [0.25, 0.3) is 0 Å². The number of aromatic nitrogens is 2. The molecule has 2 heterocycles. The number of nitrogens with zero attached hydrogens (tertiary/aromatic N) is 2. The topological polar surface area (TPSA) is 63.8 Å². The van der Waals surface area contributed by atoms with Crippen LogP contribution in [0.4, 0.5) is 5.82 Å². The fourth-order valence-electron chi connectivity index (χ4n) is 2.07. The molecule has 2 aromatic heterocycles. The van der Waals surface area contributed by atoms with Crippen LogP contribution in [0.5, 0.6) is 0 Å². The van der Waals surface area contributed by atoms with Crippen molar-refractivity contribution in [3.05, 3.63) is 27.6 Å². The van der Waals surface area contributed by atoms with Crippen molar-refractivity contribution >= 4 is 17.2 Å². The van der Waals surface area contributed by atoms with E-state index in [0.717, 1.165) is 23.5 Å². The highest BCUT2D eigenvalue weighted by Gasteiger charge is 2.12. The first kappa shape index (κ1) is 14.0. The highest BCUT2D eigenvalue weighted by molar-refractivity contribution is 7.12. The number of anilines is 1. The number of aryl methyl sites for hydroxylation is 2. The zero-order chi connectivity index (χ0) is 14.0. The molecule has 0 amide bonds. The summed E-state index contributed by atoms with van der Waals surface area (Å²) in [4.78, 5) is 11.6. The van der Waals surface area contributed by atoms with Crippen LogP contribution in [0.25, 0.3) is 11.4 Å². The Balaban J connectivity index is 2.47. The summed E-state index contributed by atoms with van der Waals surface area (Å²) < 4.78 is 0. The normalized spacial score (nSPS) is 11.1. The van der Waals surface area contributed by atoms with Crippen molar-refractivity contribution in [3.63, 3.8) is 0 Å². The summed E-state index contributed by atoms with van der Waals surface area (Å²) in [6.45, 7) is 8.55. The van der Waals surface area contributed by atoms with E-state index < -0.39 is 0 Å². The van der Waals surface area contributed by atoms with Gasteiger partial charge in [-0.2, -0.15) is 0 Å². The molecule has 0 unspecified atom stereocenters. The second kappa shape index (κ2) is 5.67. The van der Waals surface area contributed by atoms with Crippen LogP contribution >= 0.6 is 11.3 Å². The molecule has 0 aliphatic heterocycles. The van der Waals surface area contributed by atoms with E-state index in [1.807, 2.05) is 6.07 Å². The van der Waals surface area contributed by atoms with Crippen molar-refractivity contribution in [2.45, 2.75) is 34.1 Å². The molecule has 2 aromatic rings. The first-order chi connectivity index (χ1) is 8.99. The third-order valence-electron chi connectivity index (χ3n) is 2.83. The van der Waals surface area contributed by atoms with Gasteiger partial charge >= 0.3 is 0 Å². The summed E-state index contributed by atoms with van der Waals surface area (Å²) in [7, 11) is 0. The molecule has 3 N–H and O–H groups in total. The second-order valence-corrected chi connectivity index (χ2v) is 6.60. The largest absolute Gasteiger partial charge is 0.308 e. The zero-order valence-electron chi connectivity index (χ0n) is 11.8. The van der Waals surface area contributed by atoms with Gasteiger partial charge in [-0.3, -0.25) is 0 Å². The lowest BCUT2D eigenvalue weighted by Crippen LogP contribution is -2.11. The number of nitrogens with one attached hydrogen (secondary N) is 1. The summed E-state index contributed by atoms with van der Waals surface area (Å²) in [5, 5.41) is 0. The Morgan fingerprint density at radius 2 is 2.00 bits per heavy atom. The average molecular weight is 276 g/mol. The van der Waals surface area contributed by atoms with Crippen LogP contribution in [-0.2, 0) is 6.42 Å². The number of hydrazine groups is 1. The van der Waals surface area contributed by atoms with Gasteiger partial charge in [-0.05, 0) is 32.3 Å². The quantitative estimate of drug-likeness (QED) is 0.664. The molecule has 0 aromatic carbocycles. The monoisotopic (exact) mass is 276 g/mol. The minimum Gasteiger partial charge on any atom is -0.308 e. The van der Waals surface area contributed by atoms with Crippen molar-refractivity contribution in [1.29, 1.82) is 0 Å². The zero-order valence-corrected chi connectivity index (χ0v) is 12.6. The molecule has 0 fully saturated rings.